The van der Waals surface area contributed by atoms with Gasteiger partial charge in [0.05, 0.1) is 0 Å². The first kappa shape index (κ1) is 14.2. The van der Waals surface area contributed by atoms with E-state index in [0.717, 1.165) is 6.07 Å². The molecule has 0 atom stereocenters. The monoisotopic (exact) mass is 264 g/mol. The first-order chi connectivity index (χ1) is 8.31. The first-order valence-corrected chi connectivity index (χ1v) is 5.12. The molecule has 1 rings (SSSR count). The third-order valence-corrected chi connectivity index (χ3v) is 1.83. The van der Waals surface area contributed by atoms with Crippen LogP contribution in [0.1, 0.15) is 29.7 Å². The number of halogens is 3. The molecule has 0 amide bonds. The molecule has 1 N–H and O–H groups in total. The van der Waals surface area contributed by atoms with E-state index in [1.807, 2.05) is 6.92 Å². The molecular weight excluding hydrogens is 253 g/mol. The summed E-state index contributed by atoms with van der Waals surface area (Å²) < 4.78 is 40.3. The van der Waals surface area contributed by atoms with Crippen LogP contribution in [0.4, 0.5) is 13.2 Å². The minimum Gasteiger partial charge on any atom is -0.477 e. The molecule has 0 fully saturated rings. The van der Waals surface area contributed by atoms with Crippen LogP contribution in [0.3, 0.4) is 0 Å². The van der Waals surface area contributed by atoms with Gasteiger partial charge in [-0.15, -0.1) is 0 Å². The number of carboxylic acids is 1. The lowest BCUT2D eigenvalue weighted by Gasteiger charge is -2.09. The Labute approximate surface area is 101 Å². The molecule has 0 bridgehead atoms. The van der Waals surface area contributed by atoms with Gasteiger partial charge >= 0.3 is 12.1 Å². The van der Waals surface area contributed by atoms with Crippen LogP contribution in [0.2, 0.25) is 0 Å². The molecule has 1 aromatic heterocycles. The van der Waals surface area contributed by atoms with E-state index in [0.29, 0.717) is 12.8 Å². The summed E-state index contributed by atoms with van der Waals surface area (Å²) >= 11 is 0. The maximum Gasteiger partial charge on any atom is 0.422 e. The molecule has 0 saturated carbocycles. The van der Waals surface area contributed by atoms with Gasteiger partial charge < -0.3 is 9.84 Å². The van der Waals surface area contributed by atoms with Crippen LogP contribution < -0.4 is 4.74 Å². The third kappa shape index (κ3) is 4.56. The van der Waals surface area contributed by atoms with Crippen molar-refractivity contribution >= 4 is 5.97 Å². The predicted molar refractivity (Wildman–Crippen MR) is 54.5 cm³/mol. The zero-order chi connectivity index (χ0) is 13.8. The normalized spacial score (nSPS) is 11.3. The zero-order valence-electron chi connectivity index (χ0n) is 9.49. The number of nitrogens with zero attached hydrogens (tertiary/aromatic N) is 2. The quantitative estimate of drug-likeness (QED) is 0.881. The number of aromatic nitrogens is 2. The largest absolute Gasteiger partial charge is 0.477 e. The van der Waals surface area contributed by atoms with E-state index in [1.165, 1.54) is 0 Å². The van der Waals surface area contributed by atoms with Crippen molar-refractivity contribution in [3.8, 4) is 5.88 Å². The molecule has 0 unspecified atom stereocenters. The molecule has 1 heterocycles. The Morgan fingerprint density at radius 1 is 1.44 bits per heavy atom. The second-order valence-corrected chi connectivity index (χ2v) is 3.47. The molecule has 18 heavy (non-hydrogen) atoms. The fourth-order valence-electron chi connectivity index (χ4n) is 1.15. The van der Waals surface area contributed by atoms with Gasteiger partial charge in [-0.25, -0.2) is 9.78 Å². The number of alkyl halides is 3. The number of carboxylic acid groups (broad SMARTS) is 1. The fourth-order valence-corrected chi connectivity index (χ4v) is 1.15. The molecule has 0 saturated heterocycles. The lowest BCUT2D eigenvalue weighted by atomic mass is 10.3. The summed E-state index contributed by atoms with van der Waals surface area (Å²) in [5.74, 6) is -1.58. The van der Waals surface area contributed by atoms with Crippen molar-refractivity contribution in [2.75, 3.05) is 6.61 Å². The van der Waals surface area contributed by atoms with Crippen molar-refractivity contribution in [2.24, 2.45) is 0 Å². The average Bonchev–Trinajstić information content (AvgIpc) is 2.25. The van der Waals surface area contributed by atoms with Gasteiger partial charge in [0.1, 0.15) is 5.82 Å². The van der Waals surface area contributed by atoms with Crippen molar-refractivity contribution < 1.29 is 27.8 Å². The summed E-state index contributed by atoms with van der Waals surface area (Å²) in [5.41, 5.74) is -0.384. The number of aromatic carboxylic acids is 1. The van der Waals surface area contributed by atoms with Crippen LogP contribution in [0.25, 0.3) is 0 Å². The first-order valence-electron chi connectivity index (χ1n) is 5.12. The standard InChI is InChI=1S/C10H11F3N2O3/c1-2-3-7-14-6(9(16)17)4-8(15-7)18-5-10(11,12)13/h4H,2-3,5H2,1H3,(H,16,17). The number of aryl methyl sites for hydroxylation is 1. The van der Waals surface area contributed by atoms with Crippen molar-refractivity contribution in [1.29, 1.82) is 0 Å². The van der Waals surface area contributed by atoms with E-state index in [1.54, 1.807) is 0 Å². The van der Waals surface area contributed by atoms with E-state index < -0.39 is 18.8 Å². The van der Waals surface area contributed by atoms with Crippen molar-refractivity contribution in [2.45, 2.75) is 25.9 Å². The third-order valence-electron chi connectivity index (χ3n) is 1.83. The minimum absolute atomic E-state index is 0.148. The lowest BCUT2D eigenvalue weighted by molar-refractivity contribution is -0.154. The molecule has 0 spiro atoms. The molecule has 5 nitrogen and oxygen atoms in total. The van der Waals surface area contributed by atoms with Crippen LogP contribution in [0.5, 0.6) is 5.88 Å². The highest BCUT2D eigenvalue weighted by atomic mass is 19.4. The zero-order valence-corrected chi connectivity index (χ0v) is 9.49. The Morgan fingerprint density at radius 2 is 2.11 bits per heavy atom. The van der Waals surface area contributed by atoms with E-state index in [-0.39, 0.29) is 17.4 Å². The molecule has 100 valence electrons. The summed E-state index contributed by atoms with van der Waals surface area (Å²) in [5, 5.41) is 8.76. The molecular formula is C10H11F3N2O3. The Hall–Kier alpha value is -1.86. The molecule has 0 aliphatic rings. The predicted octanol–water partition coefficient (Wildman–Crippen LogP) is 2.07. The molecule has 0 radical (unpaired) electrons. The number of carbonyl (C=O) groups is 1. The maximum atomic E-state index is 12.0. The van der Waals surface area contributed by atoms with E-state index in [2.05, 4.69) is 14.7 Å². The SMILES string of the molecule is CCCc1nc(OCC(F)(F)F)cc(C(=O)O)n1. The van der Waals surface area contributed by atoms with Gasteiger partial charge in [-0.3, -0.25) is 0 Å². The van der Waals surface area contributed by atoms with Crippen LogP contribution in [-0.2, 0) is 6.42 Å². The molecule has 8 heteroatoms. The lowest BCUT2D eigenvalue weighted by Crippen LogP contribution is -2.20. The number of ether oxygens (including phenoxy) is 1. The van der Waals surface area contributed by atoms with Crippen LogP contribution in [0, 0.1) is 0 Å². The summed E-state index contributed by atoms with van der Waals surface area (Å²) in [6.45, 7) is 0.293. The van der Waals surface area contributed by atoms with Crippen LogP contribution >= 0.6 is 0 Å². The number of rotatable bonds is 5. The van der Waals surface area contributed by atoms with Crippen LogP contribution in [0.15, 0.2) is 6.07 Å². The van der Waals surface area contributed by atoms with Crippen molar-refractivity contribution in [1.82, 2.24) is 9.97 Å². The Kier molecular flexibility index (Phi) is 4.46. The van der Waals surface area contributed by atoms with E-state index in [4.69, 9.17) is 5.11 Å². The summed E-state index contributed by atoms with van der Waals surface area (Å²) in [6, 6.07) is 0.868. The van der Waals surface area contributed by atoms with Crippen molar-refractivity contribution in [3.63, 3.8) is 0 Å². The second kappa shape index (κ2) is 5.65. The van der Waals surface area contributed by atoms with Gasteiger partial charge in [0.15, 0.2) is 12.3 Å². The Bertz CT molecular complexity index is 435. The van der Waals surface area contributed by atoms with Crippen LogP contribution in [-0.4, -0.2) is 33.8 Å². The molecule has 0 aliphatic carbocycles. The minimum atomic E-state index is -4.50. The van der Waals surface area contributed by atoms with Gasteiger partial charge in [-0.05, 0) is 6.42 Å². The molecule has 0 aromatic carbocycles. The maximum absolute atomic E-state index is 12.0. The highest BCUT2D eigenvalue weighted by Gasteiger charge is 2.29. The van der Waals surface area contributed by atoms with Crippen molar-refractivity contribution in [3.05, 3.63) is 17.6 Å². The Balaban J connectivity index is 2.92. The van der Waals surface area contributed by atoms with E-state index >= 15 is 0 Å². The number of hydrogen-bond donors (Lipinski definition) is 1. The number of hydrogen-bond acceptors (Lipinski definition) is 4. The Morgan fingerprint density at radius 3 is 2.61 bits per heavy atom. The summed E-state index contributed by atoms with van der Waals surface area (Å²) in [7, 11) is 0. The summed E-state index contributed by atoms with van der Waals surface area (Å²) in [6.07, 6.45) is -3.50. The second-order valence-electron chi connectivity index (χ2n) is 3.47. The van der Waals surface area contributed by atoms with Gasteiger partial charge in [0.25, 0.3) is 0 Å². The van der Waals surface area contributed by atoms with Gasteiger partial charge in [0.2, 0.25) is 5.88 Å². The molecule has 1 aromatic rings. The average molecular weight is 264 g/mol. The van der Waals surface area contributed by atoms with E-state index in [9.17, 15) is 18.0 Å². The highest BCUT2D eigenvalue weighted by molar-refractivity contribution is 5.85. The topological polar surface area (TPSA) is 72.3 Å². The molecule has 0 aliphatic heterocycles. The van der Waals surface area contributed by atoms with Gasteiger partial charge in [-0.1, -0.05) is 6.92 Å². The smallest absolute Gasteiger partial charge is 0.422 e. The van der Waals surface area contributed by atoms with Gasteiger partial charge in [-0.2, -0.15) is 18.2 Å². The summed E-state index contributed by atoms with van der Waals surface area (Å²) in [4.78, 5) is 18.1. The van der Waals surface area contributed by atoms with Gasteiger partial charge in [0, 0.05) is 12.5 Å². The highest BCUT2D eigenvalue weighted by Crippen LogP contribution is 2.18. The fraction of sp³-hybridized carbons (Fsp3) is 0.500.